The van der Waals surface area contributed by atoms with Crippen molar-refractivity contribution in [2.24, 2.45) is 0 Å². The van der Waals surface area contributed by atoms with E-state index < -0.39 is 10.0 Å². The zero-order valence-electron chi connectivity index (χ0n) is 13.6. The molecule has 0 bridgehead atoms. The van der Waals surface area contributed by atoms with E-state index in [-0.39, 0.29) is 10.8 Å². The van der Waals surface area contributed by atoms with E-state index in [2.05, 4.69) is 20.9 Å². The van der Waals surface area contributed by atoms with Gasteiger partial charge in [0.1, 0.15) is 0 Å². The Labute approximate surface area is 150 Å². The standard InChI is InChI=1S/C16H18BrN3O3S/c1-19(2)24(22,23)15-9-13(6-7-14(15)17)16(21)20(3)11-12-5-4-8-18-10-12/h4-10H,11H2,1-3H3. The molecule has 0 N–H and O–H groups in total. The van der Waals surface area contributed by atoms with E-state index in [0.717, 1.165) is 9.87 Å². The van der Waals surface area contributed by atoms with E-state index in [0.29, 0.717) is 16.6 Å². The molecule has 0 fully saturated rings. The Morgan fingerprint density at radius 2 is 1.92 bits per heavy atom. The highest BCUT2D eigenvalue weighted by atomic mass is 79.9. The summed E-state index contributed by atoms with van der Waals surface area (Å²) < 4.78 is 26.2. The van der Waals surface area contributed by atoms with Gasteiger partial charge in [0, 0.05) is 50.1 Å². The minimum absolute atomic E-state index is 0.0631. The first-order chi connectivity index (χ1) is 11.2. The maximum atomic E-state index is 12.6. The number of carbonyl (C=O) groups excluding carboxylic acids is 1. The second-order valence-corrected chi connectivity index (χ2v) is 8.43. The van der Waals surface area contributed by atoms with Crippen LogP contribution in [0.15, 0.2) is 52.1 Å². The number of nitrogens with zero attached hydrogens (tertiary/aromatic N) is 3. The van der Waals surface area contributed by atoms with Crippen molar-refractivity contribution in [1.29, 1.82) is 0 Å². The molecular weight excluding hydrogens is 394 g/mol. The monoisotopic (exact) mass is 411 g/mol. The molecule has 0 spiro atoms. The van der Waals surface area contributed by atoms with E-state index in [1.807, 2.05) is 6.07 Å². The molecule has 1 heterocycles. The minimum atomic E-state index is -3.64. The molecule has 1 aromatic carbocycles. The van der Waals surface area contributed by atoms with Crippen LogP contribution in [0, 0.1) is 0 Å². The number of hydrogen-bond donors (Lipinski definition) is 0. The van der Waals surface area contributed by atoms with Crippen molar-refractivity contribution in [1.82, 2.24) is 14.2 Å². The molecule has 0 atom stereocenters. The van der Waals surface area contributed by atoms with Crippen LogP contribution in [-0.2, 0) is 16.6 Å². The minimum Gasteiger partial charge on any atom is -0.337 e. The molecule has 0 radical (unpaired) electrons. The predicted molar refractivity (Wildman–Crippen MR) is 95.0 cm³/mol. The summed E-state index contributed by atoms with van der Waals surface area (Å²) in [5, 5.41) is 0. The topological polar surface area (TPSA) is 70.6 Å². The fourth-order valence-electron chi connectivity index (χ4n) is 2.09. The quantitative estimate of drug-likeness (QED) is 0.756. The van der Waals surface area contributed by atoms with Crippen LogP contribution in [0.4, 0.5) is 0 Å². The summed E-state index contributed by atoms with van der Waals surface area (Å²) in [6.45, 7) is 0.387. The Kier molecular flexibility index (Phi) is 5.74. The van der Waals surface area contributed by atoms with Gasteiger partial charge in [-0.1, -0.05) is 6.07 Å². The van der Waals surface area contributed by atoms with Gasteiger partial charge in [-0.25, -0.2) is 12.7 Å². The van der Waals surface area contributed by atoms with Gasteiger partial charge in [0.05, 0.1) is 4.90 Å². The Balaban J connectivity index is 2.30. The molecule has 0 aliphatic heterocycles. The third kappa shape index (κ3) is 4.00. The zero-order valence-corrected chi connectivity index (χ0v) is 16.0. The fraction of sp³-hybridized carbons (Fsp3) is 0.250. The van der Waals surface area contributed by atoms with Gasteiger partial charge in [-0.2, -0.15) is 0 Å². The number of amides is 1. The molecule has 128 valence electrons. The van der Waals surface area contributed by atoms with Crippen molar-refractivity contribution in [2.45, 2.75) is 11.4 Å². The molecule has 1 aromatic heterocycles. The van der Waals surface area contributed by atoms with Gasteiger partial charge < -0.3 is 4.90 Å². The van der Waals surface area contributed by atoms with Gasteiger partial charge in [-0.05, 0) is 45.8 Å². The summed E-state index contributed by atoms with van der Waals surface area (Å²) in [6.07, 6.45) is 3.35. The molecule has 2 rings (SSSR count). The lowest BCUT2D eigenvalue weighted by Gasteiger charge is -2.19. The number of hydrogen-bond acceptors (Lipinski definition) is 4. The lowest BCUT2D eigenvalue weighted by Crippen LogP contribution is -2.27. The summed E-state index contributed by atoms with van der Waals surface area (Å²) in [5.41, 5.74) is 1.21. The van der Waals surface area contributed by atoms with E-state index in [4.69, 9.17) is 0 Å². The lowest BCUT2D eigenvalue weighted by molar-refractivity contribution is 0.0784. The molecule has 6 nitrogen and oxygen atoms in total. The van der Waals surface area contributed by atoms with Crippen LogP contribution < -0.4 is 0 Å². The predicted octanol–water partition coefficient (Wildman–Crippen LogP) is 2.37. The molecule has 24 heavy (non-hydrogen) atoms. The molecule has 2 aromatic rings. The van der Waals surface area contributed by atoms with Crippen LogP contribution in [-0.4, -0.2) is 49.7 Å². The van der Waals surface area contributed by atoms with Crippen molar-refractivity contribution in [2.75, 3.05) is 21.1 Å². The zero-order chi connectivity index (χ0) is 17.9. The van der Waals surface area contributed by atoms with E-state index in [9.17, 15) is 13.2 Å². The SMILES string of the molecule is CN(Cc1cccnc1)C(=O)c1ccc(Br)c(S(=O)(=O)N(C)C)c1. The van der Waals surface area contributed by atoms with Gasteiger partial charge in [0.2, 0.25) is 10.0 Å². The van der Waals surface area contributed by atoms with Crippen LogP contribution in [0.1, 0.15) is 15.9 Å². The number of sulfonamides is 1. The Morgan fingerprint density at radius 3 is 2.50 bits per heavy atom. The number of benzene rings is 1. The summed E-state index contributed by atoms with van der Waals surface area (Å²) in [7, 11) is 0.920. The van der Waals surface area contributed by atoms with Gasteiger partial charge in [-0.15, -0.1) is 0 Å². The average molecular weight is 412 g/mol. The third-order valence-corrected chi connectivity index (χ3v) is 6.23. The maximum absolute atomic E-state index is 12.6. The van der Waals surface area contributed by atoms with Crippen molar-refractivity contribution in [3.05, 3.63) is 58.3 Å². The molecule has 1 amide bonds. The van der Waals surface area contributed by atoms with Crippen molar-refractivity contribution in [3.63, 3.8) is 0 Å². The molecule has 0 aliphatic carbocycles. The van der Waals surface area contributed by atoms with Crippen LogP contribution in [0.5, 0.6) is 0 Å². The summed E-state index contributed by atoms with van der Waals surface area (Å²) in [4.78, 5) is 18.2. The first-order valence-electron chi connectivity index (χ1n) is 7.10. The Hall–Kier alpha value is -1.77. The molecule has 0 saturated carbocycles. The highest BCUT2D eigenvalue weighted by Gasteiger charge is 2.23. The van der Waals surface area contributed by atoms with E-state index in [1.165, 1.54) is 25.1 Å². The van der Waals surface area contributed by atoms with E-state index in [1.54, 1.807) is 37.6 Å². The Morgan fingerprint density at radius 1 is 1.21 bits per heavy atom. The molecule has 0 unspecified atom stereocenters. The highest BCUT2D eigenvalue weighted by Crippen LogP contribution is 2.25. The number of rotatable bonds is 5. The normalized spacial score (nSPS) is 11.5. The second kappa shape index (κ2) is 7.42. The van der Waals surface area contributed by atoms with Gasteiger partial charge >= 0.3 is 0 Å². The van der Waals surface area contributed by atoms with Crippen LogP contribution in [0.2, 0.25) is 0 Å². The Bertz CT molecular complexity index is 839. The van der Waals surface area contributed by atoms with Crippen molar-refractivity contribution >= 4 is 31.9 Å². The summed E-state index contributed by atoms with van der Waals surface area (Å²) in [6, 6.07) is 8.24. The number of halogens is 1. The third-order valence-electron chi connectivity index (χ3n) is 3.43. The summed E-state index contributed by atoms with van der Waals surface area (Å²) in [5.74, 6) is -0.262. The fourth-order valence-corrected chi connectivity index (χ4v) is 3.93. The maximum Gasteiger partial charge on any atom is 0.253 e. The first-order valence-corrected chi connectivity index (χ1v) is 9.33. The first kappa shape index (κ1) is 18.6. The van der Waals surface area contributed by atoms with Crippen LogP contribution in [0.25, 0.3) is 0 Å². The number of pyridine rings is 1. The van der Waals surface area contributed by atoms with Gasteiger partial charge in [0.25, 0.3) is 5.91 Å². The summed E-state index contributed by atoms with van der Waals surface area (Å²) >= 11 is 3.24. The smallest absolute Gasteiger partial charge is 0.253 e. The molecule has 0 saturated heterocycles. The van der Waals surface area contributed by atoms with Gasteiger partial charge in [-0.3, -0.25) is 9.78 Å². The number of aromatic nitrogens is 1. The van der Waals surface area contributed by atoms with Crippen molar-refractivity contribution < 1.29 is 13.2 Å². The lowest BCUT2D eigenvalue weighted by atomic mass is 10.2. The molecule has 8 heteroatoms. The molecular formula is C16H18BrN3O3S. The van der Waals surface area contributed by atoms with Crippen LogP contribution in [0.3, 0.4) is 0 Å². The number of carbonyl (C=O) groups is 1. The largest absolute Gasteiger partial charge is 0.337 e. The molecule has 0 aliphatic rings. The van der Waals surface area contributed by atoms with E-state index >= 15 is 0 Å². The van der Waals surface area contributed by atoms with Gasteiger partial charge in [0.15, 0.2) is 0 Å². The second-order valence-electron chi connectivity index (χ2n) is 5.46. The van der Waals surface area contributed by atoms with Crippen LogP contribution >= 0.6 is 15.9 Å². The highest BCUT2D eigenvalue weighted by molar-refractivity contribution is 9.10. The van der Waals surface area contributed by atoms with Crippen molar-refractivity contribution in [3.8, 4) is 0 Å². The average Bonchev–Trinajstić information content (AvgIpc) is 2.55.